The second-order valence-corrected chi connectivity index (χ2v) is 7.34. The van der Waals surface area contributed by atoms with Crippen LogP contribution in [0.3, 0.4) is 0 Å². The van der Waals surface area contributed by atoms with E-state index in [0.29, 0.717) is 5.92 Å². The van der Waals surface area contributed by atoms with Gasteiger partial charge in [-0.2, -0.15) is 0 Å². The largest absolute Gasteiger partial charge is 0.106 e. The van der Waals surface area contributed by atoms with Gasteiger partial charge in [0.2, 0.25) is 0 Å². The van der Waals surface area contributed by atoms with Crippen LogP contribution in [-0.4, -0.2) is 0 Å². The summed E-state index contributed by atoms with van der Waals surface area (Å²) in [6.45, 7) is 28.7. The van der Waals surface area contributed by atoms with Gasteiger partial charge in [-0.1, -0.05) is 112 Å². The molecule has 1 atom stereocenters. The van der Waals surface area contributed by atoms with Crippen molar-refractivity contribution in [1.82, 2.24) is 0 Å². The van der Waals surface area contributed by atoms with Crippen molar-refractivity contribution < 1.29 is 0 Å². The lowest BCUT2D eigenvalue weighted by Crippen LogP contribution is -1.90. The van der Waals surface area contributed by atoms with E-state index in [1.54, 1.807) is 0 Å². The van der Waals surface area contributed by atoms with E-state index in [9.17, 15) is 0 Å². The highest BCUT2D eigenvalue weighted by Gasteiger charge is 2.02. The fourth-order valence-electron chi connectivity index (χ4n) is 2.74. The van der Waals surface area contributed by atoms with E-state index in [0.717, 1.165) is 19.3 Å². The van der Waals surface area contributed by atoms with E-state index >= 15 is 0 Å². The molecule has 0 aliphatic heterocycles. The smallest absolute Gasteiger partial charge is 0.0162 e. The van der Waals surface area contributed by atoms with Gasteiger partial charge >= 0.3 is 0 Å². The van der Waals surface area contributed by atoms with Crippen molar-refractivity contribution in [2.45, 2.75) is 81.6 Å². The minimum atomic E-state index is 0.581. The third-order valence-electron chi connectivity index (χ3n) is 4.82. The lowest BCUT2D eigenvalue weighted by molar-refractivity contribution is 0.727. The predicted molar refractivity (Wildman–Crippen MR) is 158 cm³/mol. The molecule has 0 bridgehead atoms. The SMILES string of the molecule is C=C.C=CC(C)CC(/C=C\CC)=C/C.CC.C\C=C/C(=C/C(C)=C/C)C(C)=C1C=CCC=C1. The maximum absolute atomic E-state index is 3.78. The number of rotatable bonds is 8. The standard InChI is InChI=1S/C17H22.C12H20.C2H6.C2H4/c1-5-10-17(13-14(3)6-2)15(4)16-11-8-7-9-12-16;1-5-8-9-12(7-3)10-11(4)6-2;2*1-2/h5-6,8-13H,7H2,1-4H3;6-9,11H,2,5,10H2,1,3-4H3;1-2H3;1-2H2/b10-5-,14-6+,17-13-;9-8-,12-7+;;. The van der Waals surface area contributed by atoms with Crippen LogP contribution in [0.25, 0.3) is 0 Å². The molecule has 0 aromatic heterocycles. The monoisotopic (exact) mass is 448 g/mol. The van der Waals surface area contributed by atoms with Gasteiger partial charge in [0, 0.05) is 0 Å². The first-order valence-electron chi connectivity index (χ1n) is 12.4. The van der Waals surface area contributed by atoms with Gasteiger partial charge in [0.05, 0.1) is 0 Å². The summed E-state index contributed by atoms with van der Waals surface area (Å²) < 4.78 is 0. The predicted octanol–water partition coefficient (Wildman–Crippen LogP) is 11.2. The van der Waals surface area contributed by atoms with Crippen LogP contribution in [0, 0.1) is 5.92 Å². The number of hydrogen-bond acceptors (Lipinski definition) is 0. The molecule has 0 amide bonds. The van der Waals surface area contributed by atoms with Crippen molar-refractivity contribution in [1.29, 1.82) is 0 Å². The Kier molecular flexibility index (Phi) is 27.2. The van der Waals surface area contributed by atoms with E-state index in [-0.39, 0.29) is 0 Å². The molecule has 0 N–H and O–H groups in total. The van der Waals surface area contributed by atoms with Crippen molar-refractivity contribution in [3.63, 3.8) is 0 Å². The Morgan fingerprint density at radius 3 is 2.00 bits per heavy atom. The van der Waals surface area contributed by atoms with E-state index < -0.39 is 0 Å². The van der Waals surface area contributed by atoms with E-state index in [2.05, 4.69) is 135 Å². The van der Waals surface area contributed by atoms with Gasteiger partial charge in [-0.05, 0) is 76.5 Å². The van der Waals surface area contributed by atoms with Gasteiger partial charge in [0.1, 0.15) is 0 Å². The molecule has 184 valence electrons. The molecule has 33 heavy (non-hydrogen) atoms. The van der Waals surface area contributed by atoms with Crippen LogP contribution in [-0.2, 0) is 0 Å². The molecule has 0 saturated heterocycles. The maximum Gasteiger partial charge on any atom is -0.0162 e. The fourth-order valence-corrected chi connectivity index (χ4v) is 2.74. The van der Waals surface area contributed by atoms with Crippen LogP contribution in [0.5, 0.6) is 0 Å². The Morgan fingerprint density at radius 2 is 1.58 bits per heavy atom. The van der Waals surface area contributed by atoms with Gasteiger partial charge < -0.3 is 0 Å². The van der Waals surface area contributed by atoms with Gasteiger partial charge in [-0.3, -0.25) is 0 Å². The fraction of sp³-hybridized carbons (Fsp3) is 0.394. The van der Waals surface area contributed by atoms with E-state index in [1.165, 1.54) is 27.9 Å². The third-order valence-corrected chi connectivity index (χ3v) is 4.82. The molecule has 0 saturated carbocycles. The molecule has 1 aliphatic carbocycles. The molecule has 0 aromatic carbocycles. The summed E-state index contributed by atoms with van der Waals surface area (Å²) in [7, 11) is 0. The molecule has 0 radical (unpaired) electrons. The number of hydrogen-bond donors (Lipinski definition) is 0. The highest BCUT2D eigenvalue weighted by molar-refractivity contribution is 5.51. The summed E-state index contributed by atoms with van der Waals surface area (Å²) >= 11 is 0. The molecular weight excluding hydrogens is 396 g/mol. The first-order valence-corrected chi connectivity index (χ1v) is 12.4. The summed E-state index contributed by atoms with van der Waals surface area (Å²) in [6.07, 6.45) is 29.3. The Bertz CT molecular complexity index is 725. The molecule has 1 rings (SSSR count). The average molecular weight is 449 g/mol. The summed E-state index contributed by atoms with van der Waals surface area (Å²) in [5.74, 6) is 0.581. The van der Waals surface area contributed by atoms with Crippen LogP contribution >= 0.6 is 0 Å². The van der Waals surface area contributed by atoms with Gasteiger partial charge in [-0.15, -0.1) is 19.7 Å². The quantitative estimate of drug-likeness (QED) is 0.256. The highest BCUT2D eigenvalue weighted by atomic mass is 14.1. The maximum atomic E-state index is 3.78. The first-order chi connectivity index (χ1) is 15.9. The molecule has 0 aromatic rings. The summed E-state index contributed by atoms with van der Waals surface area (Å²) in [6, 6.07) is 0. The van der Waals surface area contributed by atoms with Crippen LogP contribution in [0.4, 0.5) is 0 Å². The van der Waals surface area contributed by atoms with Crippen molar-refractivity contribution in [3.05, 3.63) is 121 Å². The Morgan fingerprint density at radius 1 is 1.00 bits per heavy atom. The summed E-state index contributed by atoms with van der Waals surface area (Å²) in [4.78, 5) is 0. The summed E-state index contributed by atoms with van der Waals surface area (Å²) in [5, 5.41) is 0. The lowest BCUT2D eigenvalue weighted by Gasteiger charge is -2.09. The molecule has 1 aliphatic rings. The van der Waals surface area contributed by atoms with Crippen molar-refractivity contribution in [2.75, 3.05) is 0 Å². The topological polar surface area (TPSA) is 0 Å². The first kappa shape index (κ1) is 35.0. The van der Waals surface area contributed by atoms with Crippen molar-refractivity contribution in [2.24, 2.45) is 5.92 Å². The minimum Gasteiger partial charge on any atom is -0.106 e. The minimum absolute atomic E-state index is 0.581. The Balaban J connectivity index is -0.000000495. The second kappa shape index (κ2) is 25.7. The summed E-state index contributed by atoms with van der Waals surface area (Å²) in [5.41, 5.74) is 6.63. The zero-order chi connectivity index (χ0) is 26.1. The van der Waals surface area contributed by atoms with E-state index in [4.69, 9.17) is 0 Å². The zero-order valence-corrected chi connectivity index (χ0v) is 23.2. The van der Waals surface area contributed by atoms with E-state index in [1.807, 2.05) is 19.9 Å². The van der Waals surface area contributed by atoms with Crippen molar-refractivity contribution >= 4 is 0 Å². The van der Waals surface area contributed by atoms with Crippen LogP contribution in [0.1, 0.15) is 81.6 Å². The lowest BCUT2D eigenvalue weighted by atomic mass is 9.96. The highest BCUT2D eigenvalue weighted by Crippen LogP contribution is 2.22. The number of allylic oxidation sites excluding steroid dienone is 17. The third kappa shape index (κ3) is 18.7. The van der Waals surface area contributed by atoms with Gasteiger partial charge in [0.15, 0.2) is 0 Å². The molecule has 0 heterocycles. The molecule has 0 fully saturated rings. The molecule has 0 heteroatoms. The second-order valence-electron chi connectivity index (χ2n) is 7.34. The normalized spacial score (nSPS) is 14.6. The Labute approximate surface area is 208 Å². The van der Waals surface area contributed by atoms with Crippen LogP contribution in [0.15, 0.2) is 121 Å². The molecule has 0 nitrogen and oxygen atoms in total. The van der Waals surface area contributed by atoms with Crippen LogP contribution < -0.4 is 0 Å². The zero-order valence-electron chi connectivity index (χ0n) is 23.2. The van der Waals surface area contributed by atoms with Crippen molar-refractivity contribution in [3.8, 4) is 0 Å². The van der Waals surface area contributed by atoms with Gasteiger partial charge in [-0.25, -0.2) is 0 Å². The molecule has 0 spiro atoms. The van der Waals surface area contributed by atoms with Crippen LogP contribution in [0.2, 0.25) is 0 Å². The Hall–Kier alpha value is -2.60. The molecular formula is C33H52. The molecule has 1 unspecified atom stereocenters. The van der Waals surface area contributed by atoms with Gasteiger partial charge in [0.25, 0.3) is 0 Å². The average Bonchev–Trinajstić information content (AvgIpc) is 2.88.